The quantitative estimate of drug-likeness (QED) is 0.704. The molecular formula is C12H18N2O2. The van der Waals surface area contributed by atoms with Crippen LogP contribution < -0.4 is 5.32 Å². The zero-order valence-corrected chi connectivity index (χ0v) is 9.66. The van der Waals surface area contributed by atoms with Gasteiger partial charge in [-0.05, 0) is 19.8 Å². The van der Waals surface area contributed by atoms with Crippen molar-refractivity contribution in [2.24, 2.45) is 0 Å². The van der Waals surface area contributed by atoms with E-state index in [4.69, 9.17) is 0 Å². The van der Waals surface area contributed by atoms with E-state index < -0.39 is 5.54 Å². The predicted octanol–water partition coefficient (Wildman–Crippen LogP) is 0.834. The largest absolute Gasteiger partial charge is 0.340 e. The minimum Gasteiger partial charge on any atom is -0.340 e. The second-order valence-corrected chi connectivity index (χ2v) is 4.59. The van der Waals surface area contributed by atoms with Gasteiger partial charge in [-0.3, -0.25) is 9.59 Å². The third-order valence-electron chi connectivity index (χ3n) is 3.43. The van der Waals surface area contributed by atoms with Crippen molar-refractivity contribution in [2.75, 3.05) is 13.1 Å². The van der Waals surface area contributed by atoms with Crippen LogP contribution in [-0.4, -0.2) is 35.3 Å². The van der Waals surface area contributed by atoms with Crippen molar-refractivity contribution >= 4 is 11.8 Å². The summed E-state index contributed by atoms with van der Waals surface area (Å²) in [4.78, 5) is 25.5. The van der Waals surface area contributed by atoms with Gasteiger partial charge in [-0.2, -0.15) is 0 Å². The van der Waals surface area contributed by atoms with E-state index in [2.05, 4.69) is 5.32 Å². The minimum atomic E-state index is -0.573. The molecule has 4 nitrogen and oxygen atoms in total. The molecule has 1 spiro atoms. The number of amides is 2. The molecule has 1 saturated heterocycles. The Bertz CT molecular complexity index is 330. The molecule has 2 aliphatic rings. The zero-order chi connectivity index (χ0) is 11.6. The summed E-state index contributed by atoms with van der Waals surface area (Å²) in [5.74, 6) is 0.0775. The van der Waals surface area contributed by atoms with Crippen LogP contribution in [0.25, 0.3) is 0 Å². The summed E-state index contributed by atoms with van der Waals surface area (Å²) in [6.07, 6.45) is 7.47. The first-order valence-electron chi connectivity index (χ1n) is 5.89. The fourth-order valence-electron chi connectivity index (χ4n) is 2.61. The van der Waals surface area contributed by atoms with Crippen molar-refractivity contribution in [2.45, 2.75) is 38.1 Å². The van der Waals surface area contributed by atoms with Crippen LogP contribution in [0.15, 0.2) is 12.2 Å². The Balaban J connectivity index is 2.15. The maximum atomic E-state index is 12.3. The summed E-state index contributed by atoms with van der Waals surface area (Å²) in [5.41, 5.74) is -0.573. The minimum absolute atomic E-state index is 0.0222. The van der Waals surface area contributed by atoms with E-state index in [0.29, 0.717) is 6.54 Å². The van der Waals surface area contributed by atoms with E-state index in [9.17, 15) is 9.59 Å². The van der Waals surface area contributed by atoms with Crippen LogP contribution in [0.5, 0.6) is 0 Å². The van der Waals surface area contributed by atoms with Crippen molar-refractivity contribution in [3.8, 4) is 0 Å². The number of allylic oxidation sites excluding steroid dienone is 1. The van der Waals surface area contributed by atoms with Crippen LogP contribution in [0.2, 0.25) is 0 Å². The Morgan fingerprint density at radius 2 is 2.06 bits per heavy atom. The molecule has 0 aromatic carbocycles. The maximum absolute atomic E-state index is 12.3. The number of rotatable bonds is 2. The van der Waals surface area contributed by atoms with Gasteiger partial charge in [0.25, 0.3) is 0 Å². The van der Waals surface area contributed by atoms with E-state index in [0.717, 1.165) is 25.7 Å². The Kier molecular flexibility index (Phi) is 2.99. The third-order valence-corrected chi connectivity index (χ3v) is 3.43. The number of hydrogen-bond donors (Lipinski definition) is 1. The van der Waals surface area contributed by atoms with Gasteiger partial charge in [0.1, 0.15) is 5.54 Å². The number of piperazine rings is 1. The molecule has 2 fully saturated rings. The molecular weight excluding hydrogens is 204 g/mol. The summed E-state index contributed by atoms with van der Waals surface area (Å²) < 4.78 is 0. The number of carbonyl (C=O) groups is 2. The van der Waals surface area contributed by atoms with E-state index in [1.165, 1.54) is 0 Å². The molecule has 88 valence electrons. The first kappa shape index (κ1) is 11.2. The molecule has 16 heavy (non-hydrogen) atoms. The first-order chi connectivity index (χ1) is 7.68. The second kappa shape index (κ2) is 4.28. The van der Waals surface area contributed by atoms with Gasteiger partial charge in [0.05, 0.1) is 6.54 Å². The Morgan fingerprint density at radius 3 is 2.69 bits per heavy atom. The highest BCUT2D eigenvalue weighted by Gasteiger charge is 2.47. The molecule has 2 rings (SSSR count). The molecule has 1 aliphatic carbocycles. The van der Waals surface area contributed by atoms with E-state index >= 15 is 0 Å². The van der Waals surface area contributed by atoms with Crippen molar-refractivity contribution in [1.29, 1.82) is 0 Å². The van der Waals surface area contributed by atoms with Gasteiger partial charge in [0.15, 0.2) is 0 Å². The lowest BCUT2D eigenvalue weighted by Crippen LogP contribution is -2.65. The second-order valence-electron chi connectivity index (χ2n) is 4.59. The Labute approximate surface area is 95.7 Å². The van der Waals surface area contributed by atoms with Gasteiger partial charge in [0.2, 0.25) is 11.8 Å². The molecule has 0 aromatic heterocycles. The van der Waals surface area contributed by atoms with E-state index in [1.807, 2.05) is 19.1 Å². The highest BCUT2D eigenvalue weighted by molar-refractivity contribution is 5.98. The van der Waals surface area contributed by atoms with Gasteiger partial charge in [-0.25, -0.2) is 0 Å². The smallest absolute Gasteiger partial charge is 0.249 e. The molecule has 4 heteroatoms. The molecule has 0 atom stereocenters. The fraction of sp³-hybridized carbons (Fsp3) is 0.667. The number of hydrogen-bond acceptors (Lipinski definition) is 2. The highest BCUT2D eigenvalue weighted by atomic mass is 16.2. The zero-order valence-electron chi connectivity index (χ0n) is 9.66. The van der Waals surface area contributed by atoms with Crippen molar-refractivity contribution in [3.63, 3.8) is 0 Å². The van der Waals surface area contributed by atoms with E-state index in [-0.39, 0.29) is 18.4 Å². The van der Waals surface area contributed by atoms with Crippen molar-refractivity contribution in [3.05, 3.63) is 12.2 Å². The molecule has 1 N–H and O–H groups in total. The van der Waals surface area contributed by atoms with Gasteiger partial charge in [-0.1, -0.05) is 25.0 Å². The van der Waals surface area contributed by atoms with Crippen LogP contribution in [0.1, 0.15) is 32.6 Å². The lowest BCUT2D eigenvalue weighted by atomic mass is 9.93. The SMILES string of the molecule is C/C=C/CN1CC(=O)NC2(CCCC2)C1=O. The van der Waals surface area contributed by atoms with E-state index in [1.54, 1.807) is 4.90 Å². The molecule has 2 amide bonds. The summed E-state index contributed by atoms with van der Waals surface area (Å²) >= 11 is 0. The Morgan fingerprint density at radius 1 is 1.38 bits per heavy atom. The summed E-state index contributed by atoms with van der Waals surface area (Å²) in [7, 11) is 0. The molecule has 0 radical (unpaired) electrons. The summed E-state index contributed by atoms with van der Waals surface area (Å²) in [5, 5.41) is 2.89. The van der Waals surface area contributed by atoms with Crippen LogP contribution in [0, 0.1) is 0 Å². The molecule has 0 bridgehead atoms. The first-order valence-corrected chi connectivity index (χ1v) is 5.89. The molecule has 0 unspecified atom stereocenters. The molecule has 1 saturated carbocycles. The standard InChI is InChI=1S/C12H18N2O2/c1-2-3-8-14-9-10(15)13-12(11(14)16)6-4-5-7-12/h2-3H,4-9H2,1H3,(H,13,15)/b3-2+. The predicted molar refractivity (Wildman–Crippen MR) is 60.7 cm³/mol. The lowest BCUT2D eigenvalue weighted by Gasteiger charge is -2.39. The average molecular weight is 222 g/mol. The monoisotopic (exact) mass is 222 g/mol. The van der Waals surface area contributed by atoms with Crippen LogP contribution in [-0.2, 0) is 9.59 Å². The third kappa shape index (κ3) is 1.84. The normalized spacial score (nSPS) is 24.4. The highest BCUT2D eigenvalue weighted by Crippen LogP contribution is 2.33. The lowest BCUT2D eigenvalue weighted by molar-refractivity contribution is -0.149. The van der Waals surface area contributed by atoms with Crippen LogP contribution >= 0.6 is 0 Å². The maximum Gasteiger partial charge on any atom is 0.249 e. The number of carbonyl (C=O) groups excluding carboxylic acids is 2. The summed E-state index contributed by atoms with van der Waals surface area (Å²) in [6.45, 7) is 2.66. The fourth-order valence-corrected chi connectivity index (χ4v) is 2.61. The summed E-state index contributed by atoms with van der Waals surface area (Å²) in [6, 6.07) is 0. The van der Waals surface area contributed by atoms with Gasteiger partial charge in [0, 0.05) is 6.54 Å². The topological polar surface area (TPSA) is 49.4 Å². The van der Waals surface area contributed by atoms with Crippen LogP contribution in [0.4, 0.5) is 0 Å². The van der Waals surface area contributed by atoms with Crippen LogP contribution in [0.3, 0.4) is 0 Å². The van der Waals surface area contributed by atoms with Crippen molar-refractivity contribution in [1.82, 2.24) is 10.2 Å². The van der Waals surface area contributed by atoms with Gasteiger partial charge in [-0.15, -0.1) is 0 Å². The average Bonchev–Trinajstić information content (AvgIpc) is 2.71. The van der Waals surface area contributed by atoms with Crippen molar-refractivity contribution < 1.29 is 9.59 Å². The molecule has 1 heterocycles. The molecule has 1 aliphatic heterocycles. The number of nitrogens with one attached hydrogen (secondary N) is 1. The number of nitrogens with zero attached hydrogens (tertiary/aromatic N) is 1. The Hall–Kier alpha value is -1.32. The molecule has 0 aromatic rings. The van der Waals surface area contributed by atoms with Gasteiger partial charge < -0.3 is 10.2 Å². The van der Waals surface area contributed by atoms with Gasteiger partial charge >= 0.3 is 0 Å².